The van der Waals surface area contributed by atoms with Crippen LogP contribution in [0.5, 0.6) is 0 Å². The largest absolute Gasteiger partial charge is 0.477 e. The van der Waals surface area contributed by atoms with E-state index >= 15 is 0 Å². The molecule has 1 aromatic rings. The monoisotopic (exact) mass is 308 g/mol. The van der Waals surface area contributed by atoms with E-state index in [0.29, 0.717) is 0 Å². The Labute approximate surface area is 115 Å². The Morgan fingerprint density at radius 1 is 1.65 bits per heavy atom. The van der Waals surface area contributed by atoms with Crippen LogP contribution in [0.2, 0.25) is 0 Å². The second kappa shape index (κ2) is 6.11. The van der Waals surface area contributed by atoms with Gasteiger partial charge in [0.1, 0.15) is 22.7 Å². The number of alkyl halides is 3. The van der Waals surface area contributed by atoms with Gasteiger partial charge in [-0.25, -0.2) is 13.7 Å². The number of aromatic nitrogens is 1. The van der Waals surface area contributed by atoms with Gasteiger partial charge in [0, 0.05) is 6.20 Å². The highest BCUT2D eigenvalue weighted by atomic mass is 32.2. The maximum absolute atomic E-state index is 12.3. The predicted octanol–water partition coefficient (Wildman–Crippen LogP) is 1.38. The van der Waals surface area contributed by atoms with E-state index < -0.39 is 29.2 Å². The summed E-state index contributed by atoms with van der Waals surface area (Å²) in [6.07, 6.45) is 1.65. The maximum atomic E-state index is 12.3. The average Bonchev–Trinajstić information content (AvgIpc) is 2.72. The summed E-state index contributed by atoms with van der Waals surface area (Å²) >= 11 is 0. The van der Waals surface area contributed by atoms with E-state index in [4.69, 9.17) is 11.5 Å². The van der Waals surface area contributed by atoms with Crippen LogP contribution in [0, 0.1) is 12.3 Å². The standard InChI is InChI=1S/C11H11F3N2O3S/c1-3-4-16-6-8(5-9(16)10(17)18)20(19)15-7(2)11(12,13)14/h1,5-7,15H,4H2,2H3,(H,17,18). The first kappa shape index (κ1) is 16.3. The molecule has 0 bridgehead atoms. The van der Waals surface area contributed by atoms with E-state index in [2.05, 4.69) is 5.92 Å². The van der Waals surface area contributed by atoms with Gasteiger partial charge in [-0.1, -0.05) is 5.92 Å². The molecule has 0 radical (unpaired) electrons. The fraction of sp³-hybridized carbons (Fsp3) is 0.364. The van der Waals surface area contributed by atoms with Crippen molar-refractivity contribution in [2.24, 2.45) is 0 Å². The van der Waals surface area contributed by atoms with Gasteiger partial charge >= 0.3 is 12.1 Å². The van der Waals surface area contributed by atoms with Crippen molar-refractivity contribution >= 4 is 17.0 Å². The van der Waals surface area contributed by atoms with E-state index in [1.807, 2.05) is 4.72 Å². The van der Waals surface area contributed by atoms with E-state index in [1.165, 1.54) is 0 Å². The van der Waals surface area contributed by atoms with Crippen molar-refractivity contribution in [3.8, 4) is 12.3 Å². The molecule has 0 aliphatic rings. The molecular weight excluding hydrogens is 297 g/mol. The number of carbonyl (C=O) groups is 1. The van der Waals surface area contributed by atoms with E-state index in [9.17, 15) is 22.2 Å². The summed E-state index contributed by atoms with van der Waals surface area (Å²) < 4.78 is 51.7. The van der Waals surface area contributed by atoms with E-state index in [0.717, 1.165) is 23.8 Å². The third-order valence-corrected chi connectivity index (χ3v) is 3.56. The Bertz CT molecular complexity index is 574. The summed E-state index contributed by atoms with van der Waals surface area (Å²) in [5, 5.41) is 8.91. The van der Waals surface area contributed by atoms with Crippen LogP contribution in [0.15, 0.2) is 17.2 Å². The molecule has 0 fully saturated rings. The van der Waals surface area contributed by atoms with Crippen molar-refractivity contribution in [3.63, 3.8) is 0 Å². The van der Waals surface area contributed by atoms with Crippen molar-refractivity contribution in [2.75, 3.05) is 0 Å². The van der Waals surface area contributed by atoms with Crippen molar-refractivity contribution < 1.29 is 27.3 Å². The minimum atomic E-state index is -4.55. The molecule has 0 saturated carbocycles. The van der Waals surface area contributed by atoms with Crippen LogP contribution in [0.4, 0.5) is 13.2 Å². The van der Waals surface area contributed by atoms with Gasteiger partial charge in [0.05, 0.1) is 11.4 Å². The number of nitrogens with one attached hydrogen (secondary N) is 1. The number of hydrogen-bond donors (Lipinski definition) is 2. The van der Waals surface area contributed by atoms with Crippen LogP contribution < -0.4 is 4.72 Å². The SMILES string of the molecule is C#CCn1cc(S(=O)NC(C)C(F)(F)F)cc1C(=O)O. The minimum Gasteiger partial charge on any atom is -0.477 e. The van der Waals surface area contributed by atoms with Crippen LogP contribution in [0.25, 0.3) is 0 Å². The molecule has 0 aliphatic heterocycles. The molecule has 1 rings (SSSR count). The van der Waals surface area contributed by atoms with Crippen molar-refractivity contribution in [2.45, 2.75) is 30.6 Å². The number of carboxylic acid groups (broad SMARTS) is 1. The van der Waals surface area contributed by atoms with Crippen molar-refractivity contribution in [1.82, 2.24) is 9.29 Å². The number of halogens is 3. The first-order valence-corrected chi connectivity index (χ1v) is 6.43. The molecule has 2 N–H and O–H groups in total. The zero-order chi connectivity index (χ0) is 15.5. The fourth-order valence-electron chi connectivity index (χ4n) is 1.29. The highest BCUT2D eigenvalue weighted by Crippen LogP contribution is 2.21. The van der Waals surface area contributed by atoms with Gasteiger partial charge in [-0.05, 0) is 13.0 Å². The molecule has 9 heteroatoms. The lowest BCUT2D eigenvalue weighted by atomic mass is 10.4. The van der Waals surface area contributed by atoms with Gasteiger partial charge in [-0.15, -0.1) is 6.42 Å². The highest BCUT2D eigenvalue weighted by molar-refractivity contribution is 7.83. The molecule has 0 spiro atoms. The third kappa shape index (κ3) is 3.85. The average molecular weight is 308 g/mol. The molecule has 110 valence electrons. The number of terminal acetylenes is 1. The van der Waals surface area contributed by atoms with Gasteiger partial charge in [0.2, 0.25) is 0 Å². The lowest BCUT2D eigenvalue weighted by Crippen LogP contribution is -2.40. The molecule has 2 unspecified atom stereocenters. The second-order valence-corrected chi connectivity index (χ2v) is 5.09. The topological polar surface area (TPSA) is 71.3 Å². The van der Waals surface area contributed by atoms with Crippen LogP contribution in [0.3, 0.4) is 0 Å². The Morgan fingerprint density at radius 2 is 2.25 bits per heavy atom. The molecule has 1 heterocycles. The summed E-state index contributed by atoms with van der Waals surface area (Å²) in [4.78, 5) is 10.8. The second-order valence-electron chi connectivity index (χ2n) is 3.85. The zero-order valence-corrected chi connectivity index (χ0v) is 11.1. The lowest BCUT2D eigenvalue weighted by Gasteiger charge is -2.15. The molecule has 5 nitrogen and oxygen atoms in total. The van der Waals surface area contributed by atoms with Crippen molar-refractivity contribution in [1.29, 1.82) is 0 Å². The van der Waals surface area contributed by atoms with Gasteiger partial charge in [-0.2, -0.15) is 13.2 Å². The molecule has 0 aromatic carbocycles. The van der Waals surface area contributed by atoms with Gasteiger partial charge in [-0.3, -0.25) is 0 Å². The van der Waals surface area contributed by atoms with E-state index in [-0.39, 0.29) is 17.1 Å². The lowest BCUT2D eigenvalue weighted by molar-refractivity contribution is -0.146. The summed E-state index contributed by atoms with van der Waals surface area (Å²) in [6.45, 7) is 0.724. The quantitative estimate of drug-likeness (QED) is 0.807. The molecule has 0 amide bonds. The Kier molecular flexibility index (Phi) is 4.97. The third-order valence-electron chi connectivity index (χ3n) is 2.34. The highest BCUT2D eigenvalue weighted by Gasteiger charge is 2.37. The first-order chi connectivity index (χ1) is 9.16. The zero-order valence-electron chi connectivity index (χ0n) is 10.3. The van der Waals surface area contributed by atoms with Gasteiger partial charge in [0.15, 0.2) is 0 Å². The van der Waals surface area contributed by atoms with Gasteiger partial charge in [0.25, 0.3) is 0 Å². The van der Waals surface area contributed by atoms with Crippen LogP contribution >= 0.6 is 0 Å². The summed E-state index contributed by atoms with van der Waals surface area (Å²) in [6, 6.07) is -0.973. The summed E-state index contributed by atoms with van der Waals surface area (Å²) in [5.74, 6) is 0.884. The minimum absolute atomic E-state index is 0.0891. The Morgan fingerprint density at radius 3 is 2.70 bits per heavy atom. The number of hydrogen-bond acceptors (Lipinski definition) is 2. The molecule has 2 atom stereocenters. The van der Waals surface area contributed by atoms with Crippen molar-refractivity contribution in [3.05, 3.63) is 18.0 Å². The van der Waals surface area contributed by atoms with Gasteiger partial charge < -0.3 is 9.67 Å². The maximum Gasteiger partial charge on any atom is 0.404 e. The fourth-order valence-corrected chi connectivity index (χ4v) is 2.32. The Hall–Kier alpha value is -1.79. The number of nitrogens with zero attached hydrogens (tertiary/aromatic N) is 1. The molecule has 1 aromatic heterocycles. The summed E-state index contributed by atoms with van der Waals surface area (Å²) in [7, 11) is -2.19. The van der Waals surface area contributed by atoms with Crippen LogP contribution in [0.1, 0.15) is 17.4 Å². The van der Waals surface area contributed by atoms with Crippen LogP contribution in [-0.2, 0) is 17.5 Å². The molecule has 20 heavy (non-hydrogen) atoms. The normalized spacial score (nSPS) is 14.6. The van der Waals surface area contributed by atoms with Crippen LogP contribution in [-0.4, -0.2) is 32.1 Å². The number of carboxylic acids is 1. The number of aromatic carboxylic acids is 1. The van der Waals surface area contributed by atoms with E-state index in [1.54, 1.807) is 0 Å². The molecule has 0 saturated heterocycles. The summed E-state index contributed by atoms with van der Waals surface area (Å²) in [5.41, 5.74) is -0.243. The number of rotatable bonds is 5. The smallest absolute Gasteiger partial charge is 0.404 e. The molecular formula is C11H11F3N2O3S. The molecule has 0 aliphatic carbocycles. The predicted molar refractivity (Wildman–Crippen MR) is 65.3 cm³/mol. The first-order valence-electron chi connectivity index (χ1n) is 5.28. The Balaban J connectivity index is 2.98.